The standard InChI is InChI=1S/C18H16N8O4S/c1-28-11-6-5-10(12(8-11)29-2)9-20-22-18(27)14-15(13-4-3-7-31-13)26(25-21-14)17-16(19)23-30-24-17/h3-9H,1-2H3,(H2,19,23)(H,22,27)/b20-9-. The fraction of sp³-hybridized carbons (Fsp3) is 0.111. The van der Waals surface area contributed by atoms with Crippen LogP contribution in [0.4, 0.5) is 5.82 Å². The van der Waals surface area contributed by atoms with Gasteiger partial charge in [-0.2, -0.15) is 9.78 Å². The first-order valence-corrected chi connectivity index (χ1v) is 9.63. The molecule has 3 aromatic heterocycles. The van der Waals surface area contributed by atoms with E-state index in [1.54, 1.807) is 25.3 Å². The SMILES string of the molecule is COc1ccc(/C=N\NC(=O)c2nnn(-c3nonc3N)c2-c2cccs2)c(OC)c1. The highest BCUT2D eigenvalue weighted by Crippen LogP contribution is 2.30. The van der Waals surface area contributed by atoms with Crippen molar-refractivity contribution in [1.82, 2.24) is 30.7 Å². The van der Waals surface area contributed by atoms with Gasteiger partial charge < -0.3 is 15.2 Å². The number of benzene rings is 1. The second-order valence-corrected chi connectivity index (χ2v) is 6.90. The highest BCUT2D eigenvalue weighted by Gasteiger charge is 2.25. The molecule has 0 aliphatic rings. The Morgan fingerprint density at radius 3 is 2.84 bits per heavy atom. The maximum absolute atomic E-state index is 12.8. The predicted molar refractivity (Wildman–Crippen MR) is 112 cm³/mol. The molecular formula is C18H16N8O4S. The van der Waals surface area contributed by atoms with Crippen LogP contribution >= 0.6 is 11.3 Å². The van der Waals surface area contributed by atoms with Crippen molar-refractivity contribution < 1.29 is 18.9 Å². The number of amides is 1. The second-order valence-electron chi connectivity index (χ2n) is 5.96. The Labute approximate surface area is 179 Å². The Morgan fingerprint density at radius 2 is 2.16 bits per heavy atom. The van der Waals surface area contributed by atoms with Crippen molar-refractivity contribution in [2.45, 2.75) is 0 Å². The van der Waals surface area contributed by atoms with Crippen LogP contribution < -0.4 is 20.6 Å². The van der Waals surface area contributed by atoms with Gasteiger partial charge in [0.15, 0.2) is 5.69 Å². The molecule has 3 heterocycles. The van der Waals surface area contributed by atoms with E-state index in [2.05, 4.69) is 35.8 Å². The minimum absolute atomic E-state index is 0.0132. The summed E-state index contributed by atoms with van der Waals surface area (Å²) in [5.74, 6) is 0.738. The lowest BCUT2D eigenvalue weighted by molar-refractivity contribution is 0.0950. The fourth-order valence-corrected chi connectivity index (χ4v) is 3.45. The number of rotatable bonds is 7. The highest BCUT2D eigenvalue weighted by atomic mass is 32.1. The van der Waals surface area contributed by atoms with E-state index >= 15 is 0 Å². The molecule has 0 spiro atoms. The Hall–Kier alpha value is -4.26. The largest absolute Gasteiger partial charge is 0.497 e. The van der Waals surface area contributed by atoms with Gasteiger partial charge in [0, 0.05) is 11.6 Å². The number of carbonyl (C=O) groups is 1. The Kier molecular flexibility index (Phi) is 5.57. The monoisotopic (exact) mass is 440 g/mol. The Morgan fingerprint density at radius 1 is 1.29 bits per heavy atom. The van der Waals surface area contributed by atoms with Gasteiger partial charge in [0.1, 0.15) is 17.2 Å². The number of nitrogens with two attached hydrogens (primary N) is 1. The molecular weight excluding hydrogens is 424 g/mol. The molecule has 1 aromatic carbocycles. The lowest BCUT2D eigenvalue weighted by Gasteiger charge is -2.07. The van der Waals surface area contributed by atoms with Crippen LogP contribution in [0.25, 0.3) is 16.4 Å². The lowest BCUT2D eigenvalue weighted by atomic mass is 10.2. The smallest absolute Gasteiger partial charge is 0.294 e. The zero-order valence-corrected chi connectivity index (χ0v) is 17.2. The van der Waals surface area contributed by atoms with Gasteiger partial charge in [-0.3, -0.25) is 4.79 Å². The van der Waals surface area contributed by atoms with E-state index in [-0.39, 0.29) is 17.3 Å². The van der Waals surface area contributed by atoms with Crippen molar-refractivity contribution in [3.8, 4) is 27.9 Å². The molecule has 0 bridgehead atoms. The fourth-order valence-electron chi connectivity index (χ4n) is 2.69. The average Bonchev–Trinajstić information content (AvgIpc) is 3.53. The van der Waals surface area contributed by atoms with Gasteiger partial charge in [-0.05, 0) is 33.9 Å². The lowest BCUT2D eigenvalue weighted by Crippen LogP contribution is -2.19. The molecule has 12 nitrogen and oxygen atoms in total. The van der Waals surface area contributed by atoms with Gasteiger partial charge in [-0.25, -0.2) is 10.1 Å². The van der Waals surface area contributed by atoms with Crippen LogP contribution in [0, 0.1) is 0 Å². The van der Waals surface area contributed by atoms with E-state index in [0.717, 1.165) is 4.88 Å². The van der Waals surface area contributed by atoms with Crippen LogP contribution in [0.15, 0.2) is 45.4 Å². The number of thiophene rings is 1. The van der Waals surface area contributed by atoms with Gasteiger partial charge in [-0.1, -0.05) is 11.3 Å². The van der Waals surface area contributed by atoms with Gasteiger partial charge >= 0.3 is 0 Å². The molecule has 0 saturated carbocycles. The van der Waals surface area contributed by atoms with Crippen molar-refractivity contribution in [1.29, 1.82) is 0 Å². The van der Waals surface area contributed by atoms with Gasteiger partial charge in [0.25, 0.3) is 5.91 Å². The quantitative estimate of drug-likeness (QED) is 0.323. The molecule has 0 saturated heterocycles. The number of hydrogen-bond acceptors (Lipinski definition) is 11. The molecule has 158 valence electrons. The van der Waals surface area contributed by atoms with Crippen molar-refractivity contribution in [2.24, 2.45) is 5.10 Å². The molecule has 0 unspecified atom stereocenters. The topological polar surface area (TPSA) is 156 Å². The summed E-state index contributed by atoms with van der Waals surface area (Å²) in [6, 6.07) is 8.85. The molecule has 13 heteroatoms. The molecule has 4 aromatic rings. The average molecular weight is 440 g/mol. The van der Waals surface area contributed by atoms with Crippen LogP contribution in [0.5, 0.6) is 11.5 Å². The van der Waals surface area contributed by atoms with E-state index in [1.807, 2.05) is 17.5 Å². The molecule has 4 rings (SSSR count). The van der Waals surface area contributed by atoms with Crippen molar-refractivity contribution in [3.63, 3.8) is 0 Å². The zero-order valence-electron chi connectivity index (χ0n) is 16.3. The number of nitrogen functional groups attached to an aromatic ring is 1. The minimum atomic E-state index is -0.576. The van der Waals surface area contributed by atoms with Crippen LogP contribution in [-0.4, -0.2) is 51.6 Å². The van der Waals surface area contributed by atoms with E-state index in [4.69, 9.17) is 15.2 Å². The summed E-state index contributed by atoms with van der Waals surface area (Å²) in [7, 11) is 3.09. The maximum atomic E-state index is 12.8. The summed E-state index contributed by atoms with van der Waals surface area (Å²) in [6.45, 7) is 0. The van der Waals surface area contributed by atoms with Crippen molar-refractivity contribution in [3.05, 3.63) is 47.0 Å². The van der Waals surface area contributed by atoms with E-state index in [1.165, 1.54) is 29.3 Å². The first-order valence-electron chi connectivity index (χ1n) is 8.75. The summed E-state index contributed by atoms with van der Waals surface area (Å²) >= 11 is 1.39. The number of methoxy groups -OCH3 is 2. The molecule has 3 N–H and O–H groups in total. The predicted octanol–water partition coefficient (Wildman–Crippen LogP) is 1.74. The molecule has 0 atom stereocenters. The van der Waals surface area contributed by atoms with Crippen LogP contribution in [-0.2, 0) is 0 Å². The third kappa shape index (κ3) is 3.93. The van der Waals surface area contributed by atoms with Gasteiger partial charge in [-0.15, -0.1) is 16.4 Å². The number of nitrogens with one attached hydrogen (secondary N) is 1. The number of hydrazone groups is 1. The first-order chi connectivity index (χ1) is 15.1. The summed E-state index contributed by atoms with van der Waals surface area (Å²) in [4.78, 5) is 13.5. The molecule has 31 heavy (non-hydrogen) atoms. The van der Waals surface area contributed by atoms with Crippen molar-refractivity contribution in [2.75, 3.05) is 20.0 Å². The van der Waals surface area contributed by atoms with Crippen LogP contribution in [0.1, 0.15) is 16.1 Å². The normalized spacial score (nSPS) is 11.0. The Balaban J connectivity index is 1.62. The van der Waals surface area contributed by atoms with Crippen molar-refractivity contribution >= 4 is 29.3 Å². The summed E-state index contributed by atoms with van der Waals surface area (Å²) in [5, 5.41) is 21.1. The van der Waals surface area contributed by atoms with Gasteiger partial charge in [0.05, 0.1) is 25.3 Å². The van der Waals surface area contributed by atoms with Crippen LogP contribution in [0.3, 0.4) is 0 Å². The number of ether oxygens (including phenoxy) is 2. The van der Waals surface area contributed by atoms with E-state index in [9.17, 15) is 4.79 Å². The highest BCUT2D eigenvalue weighted by molar-refractivity contribution is 7.13. The van der Waals surface area contributed by atoms with Gasteiger partial charge in [0.2, 0.25) is 11.6 Å². The molecule has 0 radical (unpaired) electrons. The third-order valence-corrected chi connectivity index (χ3v) is 5.02. The minimum Gasteiger partial charge on any atom is -0.497 e. The Bertz CT molecular complexity index is 1230. The van der Waals surface area contributed by atoms with E-state index < -0.39 is 5.91 Å². The molecule has 0 fully saturated rings. The van der Waals surface area contributed by atoms with E-state index in [0.29, 0.717) is 22.8 Å². The third-order valence-electron chi connectivity index (χ3n) is 4.15. The van der Waals surface area contributed by atoms with Crippen LogP contribution in [0.2, 0.25) is 0 Å². The summed E-state index contributed by atoms with van der Waals surface area (Å²) in [6.07, 6.45) is 1.45. The molecule has 1 amide bonds. The molecule has 0 aliphatic heterocycles. The number of carbonyl (C=O) groups excluding carboxylic acids is 1. The summed E-state index contributed by atoms with van der Waals surface area (Å²) in [5.41, 5.74) is 9.28. The number of aromatic nitrogens is 5. The molecule has 0 aliphatic carbocycles. The number of anilines is 1. The first kappa shape index (κ1) is 20.0. The number of hydrogen-bond donors (Lipinski definition) is 2. The maximum Gasteiger partial charge on any atom is 0.294 e. The number of nitrogens with zero attached hydrogens (tertiary/aromatic N) is 6. The second kappa shape index (κ2) is 8.62. The zero-order chi connectivity index (χ0) is 21.8. The summed E-state index contributed by atoms with van der Waals surface area (Å²) < 4.78 is 16.4.